The van der Waals surface area contributed by atoms with E-state index in [0.717, 1.165) is 41.7 Å². The second-order valence-corrected chi connectivity index (χ2v) is 6.21. The summed E-state index contributed by atoms with van der Waals surface area (Å²) >= 11 is 0. The minimum Gasteiger partial charge on any atom is -0.350 e. The number of hydrogen-bond donors (Lipinski definition) is 2. The summed E-state index contributed by atoms with van der Waals surface area (Å²) in [4.78, 5) is 0. The Kier molecular flexibility index (Phi) is 2.82. The Morgan fingerprint density at radius 3 is 2.95 bits per heavy atom. The molecule has 1 saturated carbocycles. The van der Waals surface area contributed by atoms with Crippen molar-refractivity contribution in [2.75, 3.05) is 19.6 Å². The summed E-state index contributed by atoms with van der Waals surface area (Å²) in [6.45, 7) is 4.29. The van der Waals surface area contributed by atoms with E-state index in [1.54, 1.807) is 6.07 Å². The number of rotatable bonds is 4. The highest BCUT2D eigenvalue weighted by molar-refractivity contribution is 5.83. The van der Waals surface area contributed by atoms with Crippen LogP contribution in [0.1, 0.15) is 5.56 Å². The van der Waals surface area contributed by atoms with E-state index in [4.69, 9.17) is 0 Å². The van der Waals surface area contributed by atoms with Crippen LogP contribution in [-0.4, -0.2) is 24.2 Å². The quantitative estimate of drug-likeness (QED) is 0.890. The number of fused-ring (bicyclic) bond motifs is 2. The number of nitrogens with zero attached hydrogens (tertiary/aromatic N) is 1. The van der Waals surface area contributed by atoms with Crippen LogP contribution in [0.25, 0.3) is 10.9 Å². The lowest BCUT2D eigenvalue weighted by molar-refractivity contribution is 0.540. The van der Waals surface area contributed by atoms with Gasteiger partial charge < -0.3 is 15.2 Å². The smallest absolute Gasteiger partial charge is 0.123 e. The summed E-state index contributed by atoms with van der Waals surface area (Å²) in [7, 11) is 2.01. The van der Waals surface area contributed by atoms with Crippen LogP contribution in [-0.2, 0) is 13.6 Å². The van der Waals surface area contributed by atoms with Gasteiger partial charge in [0.05, 0.1) is 0 Å². The Balaban J connectivity index is 1.44. The molecule has 2 fully saturated rings. The summed E-state index contributed by atoms with van der Waals surface area (Å²) in [6.07, 6.45) is 2.10. The van der Waals surface area contributed by atoms with Crippen molar-refractivity contribution >= 4 is 10.9 Å². The summed E-state index contributed by atoms with van der Waals surface area (Å²) in [5.74, 6) is 2.48. The molecule has 1 saturated heterocycles. The van der Waals surface area contributed by atoms with E-state index in [2.05, 4.69) is 21.4 Å². The normalized spacial score (nSPS) is 28.0. The van der Waals surface area contributed by atoms with Gasteiger partial charge in [0, 0.05) is 30.7 Å². The zero-order chi connectivity index (χ0) is 13.7. The van der Waals surface area contributed by atoms with Crippen LogP contribution in [0.3, 0.4) is 0 Å². The third kappa shape index (κ3) is 1.95. The van der Waals surface area contributed by atoms with Gasteiger partial charge in [0.15, 0.2) is 0 Å². The highest BCUT2D eigenvalue weighted by Gasteiger charge is 2.51. The zero-order valence-electron chi connectivity index (χ0n) is 11.7. The van der Waals surface area contributed by atoms with Crippen molar-refractivity contribution in [3.05, 3.63) is 35.8 Å². The van der Waals surface area contributed by atoms with Gasteiger partial charge in [0.25, 0.3) is 0 Å². The number of aromatic nitrogens is 1. The van der Waals surface area contributed by atoms with Gasteiger partial charge in [-0.05, 0) is 61.2 Å². The van der Waals surface area contributed by atoms with Crippen LogP contribution in [0.5, 0.6) is 0 Å². The molecular weight excluding hydrogens is 253 g/mol. The molecule has 2 aliphatic rings. The average Bonchev–Trinajstić information content (AvgIpc) is 2.79. The average molecular weight is 273 g/mol. The van der Waals surface area contributed by atoms with Gasteiger partial charge in [-0.15, -0.1) is 0 Å². The van der Waals surface area contributed by atoms with E-state index >= 15 is 0 Å². The summed E-state index contributed by atoms with van der Waals surface area (Å²) in [5.41, 5.74) is 2.28. The van der Waals surface area contributed by atoms with Crippen molar-refractivity contribution in [2.24, 2.45) is 24.8 Å². The molecule has 0 radical (unpaired) electrons. The molecule has 4 rings (SSSR count). The van der Waals surface area contributed by atoms with Gasteiger partial charge >= 0.3 is 0 Å². The van der Waals surface area contributed by atoms with E-state index in [-0.39, 0.29) is 5.82 Å². The molecule has 0 spiro atoms. The molecule has 2 aromatic rings. The van der Waals surface area contributed by atoms with Crippen molar-refractivity contribution in [2.45, 2.75) is 6.54 Å². The first kappa shape index (κ1) is 12.4. The van der Waals surface area contributed by atoms with Crippen molar-refractivity contribution in [1.29, 1.82) is 0 Å². The molecule has 2 unspecified atom stereocenters. The number of benzene rings is 1. The second-order valence-electron chi connectivity index (χ2n) is 6.21. The van der Waals surface area contributed by atoms with Crippen LogP contribution in [0, 0.1) is 23.6 Å². The molecule has 1 aromatic heterocycles. The Hall–Kier alpha value is -1.39. The minimum atomic E-state index is -0.159. The molecule has 4 heteroatoms. The van der Waals surface area contributed by atoms with E-state index in [1.165, 1.54) is 24.7 Å². The standard InChI is InChI=1S/C16H20FN3/c1-20-9-10(12-4-11(17)2-3-16(12)20)5-18-6-13-14-7-19-8-15(13)14/h2-4,9,13-15,18-19H,5-8H2,1H3. The number of halogens is 1. The largest absolute Gasteiger partial charge is 0.350 e. The van der Waals surface area contributed by atoms with Crippen molar-refractivity contribution in [3.63, 3.8) is 0 Å². The van der Waals surface area contributed by atoms with Crippen molar-refractivity contribution in [3.8, 4) is 0 Å². The van der Waals surface area contributed by atoms with E-state index in [0.29, 0.717) is 0 Å². The maximum absolute atomic E-state index is 13.4. The molecule has 1 aromatic carbocycles. The number of hydrogen-bond acceptors (Lipinski definition) is 2. The van der Waals surface area contributed by atoms with Crippen LogP contribution in [0.2, 0.25) is 0 Å². The topological polar surface area (TPSA) is 29.0 Å². The SMILES string of the molecule is Cn1cc(CNCC2C3CNCC23)c2cc(F)ccc21. The second kappa shape index (κ2) is 4.57. The highest BCUT2D eigenvalue weighted by atomic mass is 19.1. The van der Waals surface area contributed by atoms with E-state index in [9.17, 15) is 4.39 Å². The maximum atomic E-state index is 13.4. The Bertz CT molecular complexity index is 638. The third-order valence-corrected chi connectivity index (χ3v) is 5.00. The third-order valence-electron chi connectivity index (χ3n) is 5.00. The number of piperidine rings is 1. The molecule has 3 nitrogen and oxygen atoms in total. The van der Waals surface area contributed by atoms with Gasteiger partial charge in [-0.25, -0.2) is 4.39 Å². The first-order chi connectivity index (χ1) is 9.74. The molecule has 1 aliphatic carbocycles. The fourth-order valence-electron chi connectivity index (χ4n) is 3.81. The Morgan fingerprint density at radius 1 is 1.35 bits per heavy atom. The van der Waals surface area contributed by atoms with Crippen LogP contribution >= 0.6 is 0 Å². The van der Waals surface area contributed by atoms with Crippen LogP contribution < -0.4 is 10.6 Å². The fourth-order valence-corrected chi connectivity index (χ4v) is 3.81. The maximum Gasteiger partial charge on any atom is 0.123 e. The molecule has 2 atom stereocenters. The molecule has 2 N–H and O–H groups in total. The molecule has 0 bridgehead atoms. The molecular formula is C16H20FN3. The fraction of sp³-hybridized carbons (Fsp3) is 0.500. The lowest BCUT2D eigenvalue weighted by Crippen LogP contribution is -2.23. The van der Waals surface area contributed by atoms with Gasteiger partial charge in [-0.2, -0.15) is 0 Å². The van der Waals surface area contributed by atoms with Crippen LogP contribution in [0.4, 0.5) is 4.39 Å². The molecule has 2 heterocycles. The summed E-state index contributed by atoms with van der Waals surface area (Å²) in [6, 6.07) is 5.02. The molecule has 106 valence electrons. The number of aryl methyl sites for hydroxylation is 1. The van der Waals surface area contributed by atoms with Gasteiger partial charge in [0.1, 0.15) is 5.82 Å². The molecule has 20 heavy (non-hydrogen) atoms. The monoisotopic (exact) mass is 273 g/mol. The Labute approximate surface area is 118 Å². The van der Waals surface area contributed by atoms with Crippen LogP contribution in [0.15, 0.2) is 24.4 Å². The predicted molar refractivity (Wildman–Crippen MR) is 77.9 cm³/mol. The minimum absolute atomic E-state index is 0.159. The first-order valence-electron chi connectivity index (χ1n) is 7.39. The molecule has 1 aliphatic heterocycles. The Morgan fingerprint density at radius 2 is 2.15 bits per heavy atom. The van der Waals surface area contributed by atoms with Crippen molar-refractivity contribution < 1.29 is 4.39 Å². The first-order valence-corrected chi connectivity index (χ1v) is 7.39. The lowest BCUT2D eigenvalue weighted by atomic mass is 10.1. The summed E-state index contributed by atoms with van der Waals surface area (Å²) < 4.78 is 15.5. The van der Waals surface area contributed by atoms with E-state index in [1.807, 2.05) is 13.1 Å². The van der Waals surface area contributed by atoms with Gasteiger partial charge in [0.2, 0.25) is 0 Å². The number of nitrogens with one attached hydrogen (secondary N) is 2. The zero-order valence-corrected chi connectivity index (χ0v) is 11.7. The van der Waals surface area contributed by atoms with Gasteiger partial charge in [-0.3, -0.25) is 0 Å². The van der Waals surface area contributed by atoms with Crippen molar-refractivity contribution in [1.82, 2.24) is 15.2 Å². The van der Waals surface area contributed by atoms with Gasteiger partial charge in [-0.1, -0.05) is 0 Å². The lowest BCUT2D eigenvalue weighted by Gasteiger charge is -2.06. The highest BCUT2D eigenvalue weighted by Crippen LogP contribution is 2.48. The predicted octanol–water partition coefficient (Wildman–Crippen LogP) is 1.87. The molecule has 0 amide bonds. The summed E-state index contributed by atoms with van der Waals surface area (Å²) in [5, 5.41) is 8.00. The van der Waals surface area contributed by atoms with E-state index < -0.39 is 0 Å².